The van der Waals surface area contributed by atoms with E-state index < -0.39 is 5.97 Å². The number of aromatic nitrogens is 1. The van der Waals surface area contributed by atoms with Crippen LogP contribution in [0.5, 0.6) is 0 Å². The van der Waals surface area contributed by atoms with Gasteiger partial charge in [0.15, 0.2) is 0 Å². The molecule has 2 aromatic rings. The van der Waals surface area contributed by atoms with Crippen LogP contribution >= 0.6 is 0 Å². The molecule has 0 radical (unpaired) electrons. The molecule has 0 fully saturated rings. The molecule has 0 spiro atoms. The van der Waals surface area contributed by atoms with Crippen molar-refractivity contribution in [3.05, 3.63) is 53.6 Å². The van der Waals surface area contributed by atoms with Gasteiger partial charge in [-0.15, -0.1) is 0 Å². The number of aromatic carboxylic acids is 1. The minimum atomic E-state index is -1.10. The third-order valence-corrected chi connectivity index (χ3v) is 2.31. The SMILES string of the molecule is Cc1cc(F)cc(Nc2ccnc(C(=O)O)c2)c1. The number of rotatable bonds is 3. The van der Waals surface area contributed by atoms with Gasteiger partial charge < -0.3 is 10.4 Å². The van der Waals surface area contributed by atoms with E-state index in [4.69, 9.17) is 5.11 Å². The Morgan fingerprint density at radius 1 is 1.28 bits per heavy atom. The monoisotopic (exact) mass is 246 g/mol. The Morgan fingerprint density at radius 2 is 2.06 bits per heavy atom. The third-order valence-electron chi connectivity index (χ3n) is 2.31. The van der Waals surface area contributed by atoms with Crippen molar-refractivity contribution in [1.29, 1.82) is 0 Å². The highest BCUT2D eigenvalue weighted by atomic mass is 19.1. The summed E-state index contributed by atoms with van der Waals surface area (Å²) < 4.78 is 13.2. The number of anilines is 2. The highest BCUT2D eigenvalue weighted by Gasteiger charge is 2.05. The minimum absolute atomic E-state index is 0.0619. The first-order chi connectivity index (χ1) is 8.54. The molecular formula is C13H11FN2O2. The number of halogens is 1. The Hall–Kier alpha value is -2.43. The van der Waals surface area contributed by atoms with Gasteiger partial charge in [-0.1, -0.05) is 0 Å². The fraction of sp³-hybridized carbons (Fsp3) is 0.0769. The first kappa shape index (κ1) is 12.0. The number of aryl methyl sites for hydroxylation is 1. The largest absolute Gasteiger partial charge is 0.477 e. The molecule has 1 aromatic heterocycles. The van der Waals surface area contributed by atoms with E-state index in [1.807, 2.05) is 0 Å². The van der Waals surface area contributed by atoms with Crippen LogP contribution in [0.3, 0.4) is 0 Å². The molecule has 0 amide bonds. The molecule has 5 heteroatoms. The minimum Gasteiger partial charge on any atom is -0.477 e. The summed E-state index contributed by atoms with van der Waals surface area (Å²) in [6.45, 7) is 1.78. The maximum atomic E-state index is 13.2. The van der Waals surface area contributed by atoms with Crippen LogP contribution in [0, 0.1) is 12.7 Å². The number of carboxylic acids is 1. The molecule has 0 saturated carbocycles. The van der Waals surface area contributed by atoms with Crippen LogP contribution in [0.15, 0.2) is 36.5 Å². The van der Waals surface area contributed by atoms with Crippen molar-refractivity contribution in [2.24, 2.45) is 0 Å². The molecule has 18 heavy (non-hydrogen) atoms. The number of hydrogen-bond acceptors (Lipinski definition) is 3. The van der Waals surface area contributed by atoms with E-state index in [1.54, 1.807) is 19.1 Å². The Bertz CT molecular complexity index is 579. The highest BCUT2D eigenvalue weighted by molar-refractivity contribution is 5.86. The molecular weight excluding hydrogens is 235 g/mol. The van der Waals surface area contributed by atoms with Gasteiger partial charge in [0.1, 0.15) is 11.5 Å². The smallest absolute Gasteiger partial charge is 0.354 e. The number of nitrogens with one attached hydrogen (secondary N) is 1. The summed E-state index contributed by atoms with van der Waals surface area (Å²) in [6.07, 6.45) is 1.39. The molecule has 2 N–H and O–H groups in total. The maximum Gasteiger partial charge on any atom is 0.354 e. The van der Waals surface area contributed by atoms with Crippen molar-refractivity contribution in [3.8, 4) is 0 Å². The molecule has 0 atom stereocenters. The topological polar surface area (TPSA) is 62.2 Å². The summed E-state index contributed by atoms with van der Waals surface area (Å²) in [5, 5.41) is 11.8. The second-order valence-corrected chi connectivity index (χ2v) is 3.88. The molecule has 0 aliphatic carbocycles. The summed E-state index contributed by atoms with van der Waals surface area (Å²) in [7, 11) is 0. The van der Waals surface area contributed by atoms with Crippen molar-refractivity contribution in [1.82, 2.24) is 4.98 Å². The zero-order chi connectivity index (χ0) is 13.1. The van der Waals surface area contributed by atoms with E-state index in [9.17, 15) is 9.18 Å². The lowest BCUT2D eigenvalue weighted by molar-refractivity contribution is 0.0690. The molecule has 4 nitrogen and oxygen atoms in total. The Kier molecular flexibility index (Phi) is 3.23. The van der Waals surface area contributed by atoms with Gasteiger partial charge in [0.05, 0.1) is 0 Å². The van der Waals surface area contributed by atoms with Gasteiger partial charge in [-0.05, 0) is 42.8 Å². The number of pyridine rings is 1. The van der Waals surface area contributed by atoms with Crippen LogP contribution in [0.4, 0.5) is 15.8 Å². The van der Waals surface area contributed by atoms with Crippen molar-refractivity contribution >= 4 is 17.3 Å². The van der Waals surface area contributed by atoms with E-state index in [-0.39, 0.29) is 11.5 Å². The standard InChI is InChI=1S/C13H11FN2O2/c1-8-4-9(14)6-11(5-8)16-10-2-3-15-12(7-10)13(17)18/h2-7H,1H3,(H,15,16)(H,17,18). The van der Waals surface area contributed by atoms with E-state index in [0.29, 0.717) is 11.4 Å². The summed E-state index contributed by atoms with van der Waals surface area (Å²) in [5.41, 5.74) is 1.83. The number of hydrogen-bond donors (Lipinski definition) is 2. The lowest BCUT2D eigenvalue weighted by Crippen LogP contribution is -2.01. The lowest BCUT2D eigenvalue weighted by atomic mass is 10.2. The molecule has 1 aromatic carbocycles. The molecule has 2 rings (SSSR count). The van der Waals surface area contributed by atoms with Crippen LogP contribution in [0.2, 0.25) is 0 Å². The quantitative estimate of drug-likeness (QED) is 0.874. The predicted molar refractivity (Wildman–Crippen MR) is 65.6 cm³/mol. The van der Waals surface area contributed by atoms with Gasteiger partial charge in [-0.2, -0.15) is 0 Å². The average Bonchev–Trinajstić information content (AvgIpc) is 2.27. The summed E-state index contributed by atoms with van der Waals surface area (Å²) in [6, 6.07) is 7.54. The zero-order valence-corrected chi connectivity index (χ0v) is 9.64. The van der Waals surface area contributed by atoms with Gasteiger partial charge in [-0.25, -0.2) is 14.2 Å². The number of nitrogens with zero attached hydrogens (tertiary/aromatic N) is 1. The lowest BCUT2D eigenvalue weighted by Gasteiger charge is -2.08. The van der Waals surface area contributed by atoms with Crippen molar-refractivity contribution < 1.29 is 14.3 Å². The summed E-state index contributed by atoms with van der Waals surface area (Å²) in [5.74, 6) is -1.45. The molecule has 0 saturated heterocycles. The normalized spacial score (nSPS) is 10.1. The number of carboxylic acid groups (broad SMARTS) is 1. The van der Waals surface area contributed by atoms with Crippen LogP contribution in [-0.2, 0) is 0 Å². The van der Waals surface area contributed by atoms with Gasteiger partial charge in [-0.3, -0.25) is 0 Å². The van der Waals surface area contributed by atoms with E-state index in [1.165, 1.54) is 24.4 Å². The molecule has 0 bridgehead atoms. The number of benzene rings is 1. The predicted octanol–water partition coefficient (Wildman–Crippen LogP) is 2.97. The Morgan fingerprint density at radius 3 is 2.72 bits per heavy atom. The zero-order valence-electron chi connectivity index (χ0n) is 9.64. The molecule has 0 unspecified atom stereocenters. The summed E-state index contributed by atoms with van der Waals surface area (Å²) >= 11 is 0. The van der Waals surface area contributed by atoms with E-state index in [2.05, 4.69) is 10.3 Å². The highest BCUT2D eigenvalue weighted by Crippen LogP contribution is 2.19. The first-order valence-electron chi connectivity index (χ1n) is 5.28. The fourth-order valence-electron chi connectivity index (χ4n) is 1.60. The second kappa shape index (κ2) is 4.83. The van der Waals surface area contributed by atoms with Crippen molar-refractivity contribution in [3.63, 3.8) is 0 Å². The van der Waals surface area contributed by atoms with Crippen LogP contribution in [0.1, 0.15) is 16.1 Å². The molecule has 0 aliphatic heterocycles. The number of carbonyl (C=O) groups is 1. The van der Waals surface area contributed by atoms with Crippen molar-refractivity contribution in [2.75, 3.05) is 5.32 Å². The van der Waals surface area contributed by atoms with Crippen molar-refractivity contribution in [2.45, 2.75) is 6.92 Å². The first-order valence-corrected chi connectivity index (χ1v) is 5.28. The van der Waals surface area contributed by atoms with Crippen LogP contribution < -0.4 is 5.32 Å². The van der Waals surface area contributed by atoms with Crippen LogP contribution in [0.25, 0.3) is 0 Å². The Balaban J connectivity index is 2.28. The van der Waals surface area contributed by atoms with Gasteiger partial charge in [0.25, 0.3) is 0 Å². The fourth-order valence-corrected chi connectivity index (χ4v) is 1.60. The van der Waals surface area contributed by atoms with Gasteiger partial charge in [0, 0.05) is 17.6 Å². The molecule has 1 heterocycles. The molecule has 0 aliphatic rings. The van der Waals surface area contributed by atoms with E-state index in [0.717, 1.165) is 5.56 Å². The second-order valence-electron chi connectivity index (χ2n) is 3.88. The van der Waals surface area contributed by atoms with Gasteiger partial charge >= 0.3 is 5.97 Å². The Labute approximate surface area is 103 Å². The average molecular weight is 246 g/mol. The summed E-state index contributed by atoms with van der Waals surface area (Å²) in [4.78, 5) is 14.5. The van der Waals surface area contributed by atoms with E-state index >= 15 is 0 Å². The maximum absolute atomic E-state index is 13.2. The third kappa shape index (κ3) is 2.82. The molecule has 92 valence electrons. The van der Waals surface area contributed by atoms with Gasteiger partial charge in [0.2, 0.25) is 0 Å². The van der Waals surface area contributed by atoms with Crippen LogP contribution in [-0.4, -0.2) is 16.1 Å².